The molecule has 1 amide bonds. The average molecular weight is 316 g/mol. The van der Waals surface area contributed by atoms with Crippen LogP contribution in [0.15, 0.2) is 24.3 Å². The standard InChI is InChI=1S/C19H28N2O2/c1-16-6-2-5-9-18(16)23-15-14-20-10-12-21(13-11-20)19(22)17-7-3-4-8-17/h2,5-6,9,17H,3-4,7-8,10-15H2,1H3. The maximum absolute atomic E-state index is 12.4. The molecule has 1 aliphatic carbocycles. The van der Waals surface area contributed by atoms with Gasteiger partial charge in [-0.3, -0.25) is 9.69 Å². The molecule has 1 saturated carbocycles. The smallest absolute Gasteiger partial charge is 0.225 e. The molecule has 2 fully saturated rings. The first kappa shape index (κ1) is 16.3. The maximum atomic E-state index is 12.4. The van der Waals surface area contributed by atoms with E-state index < -0.39 is 0 Å². The number of carbonyl (C=O) groups is 1. The highest BCUT2D eigenvalue weighted by Gasteiger charge is 2.29. The van der Waals surface area contributed by atoms with Gasteiger partial charge in [0, 0.05) is 38.6 Å². The van der Waals surface area contributed by atoms with Crippen LogP contribution in [0.3, 0.4) is 0 Å². The summed E-state index contributed by atoms with van der Waals surface area (Å²) in [5, 5.41) is 0. The Hall–Kier alpha value is -1.55. The maximum Gasteiger partial charge on any atom is 0.225 e. The van der Waals surface area contributed by atoms with Gasteiger partial charge in [-0.1, -0.05) is 31.0 Å². The number of carbonyl (C=O) groups excluding carboxylic acids is 1. The van der Waals surface area contributed by atoms with Crippen LogP contribution in [0, 0.1) is 12.8 Å². The number of nitrogens with zero attached hydrogens (tertiary/aromatic N) is 2. The molecule has 0 bridgehead atoms. The molecule has 1 aromatic rings. The van der Waals surface area contributed by atoms with Crippen LogP contribution in [0.5, 0.6) is 5.75 Å². The van der Waals surface area contributed by atoms with E-state index in [4.69, 9.17) is 4.74 Å². The van der Waals surface area contributed by atoms with Crippen molar-refractivity contribution in [2.45, 2.75) is 32.6 Å². The first-order valence-corrected chi connectivity index (χ1v) is 8.93. The second-order valence-electron chi connectivity index (χ2n) is 6.76. The third-order valence-corrected chi connectivity index (χ3v) is 5.15. The number of ether oxygens (including phenoxy) is 1. The van der Waals surface area contributed by atoms with Gasteiger partial charge in [-0.2, -0.15) is 0 Å². The van der Waals surface area contributed by atoms with E-state index >= 15 is 0 Å². The first-order chi connectivity index (χ1) is 11.2. The quantitative estimate of drug-likeness (QED) is 0.837. The van der Waals surface area contributed by atoms with Gasteiger partial charge in [-0.05, 0) is 31.4 Å². The van der Waals surface area contributed by atoms with Gasteiger partial charge in [0.15, 0.2) is 0 Å². The first-order valence-electron chi connectivity index (χ1n) is 8.93. The molecule has 0 atom stereocenters. The Kier molecular flexibility index (Phi) is 5.55. The van der Waals surface area contributed by atoms with E-state index in [2.05, 4.69) is 22.8 Å². The number of hydrogen-bond donors (Lipinski definition) is 0. The van der Waals surface area contributed by atoms with Crippen molar-refractivity contribution in [3.63, 3.8) is 0 Å². The molecule has 4 nitrogen and oxygen atoms in total. The topological polar surface area (TPSA) is 32.8 Å². The monoisotopic (exact) mass is 316 g/mol. The van der Waals surface area contributed by atoms with Crippen molar-refractivity contribution in [3.8, 4) is 5.75 Å². The number of aryl methyl sites for hydroxylation is 1. The van der Waals surface area contributed by atoms with Gasteiger partial charge in [-0.25, -0.2) is 0 Å². The highest BCUT2D eigenvalue weighted by Crippen LogP contribution is 2.26. The minimum atomic E-state index is 0.311. The second-order valence-corrected chi connectivity index (χ2v) is 6.76. The number of hydrogen-bond acceptors (Lipinski definition) is 3. The van der Waals surface area contributed by atoms with Crippen LogP contribution in [0.1, 0.15) is 31.2 Å². The van der Waals surface area contributed by atoms with Crippen molar-refractivity contribution >= 4 is 5.91 Å². The minimum Gasteiger partial charge on any atom is -0.492 e. The molecule has 1 aliphatic heterocycles. The third-order valence-electron chi connectivity index (χ3n) is 5.15. The van der Waals surface area contributed by atoms with Gasteiger partial charge in [0.05, 0.1) is 0 Å². The summed E-state index contributed by atoms with van der Waals surface area (Å²) >= 11 is 0. The normalized spacial score (nSPS) is 20.0. The predicted octanol–water partition coefficient (Wildman–Crippen LogP) is 2.71. The molecule has 0 radical (unpaired) electrons. The van der Waals surface area contributed by atoms with Crippen LogP contribution >= 0.6 is 0 Å². The lowest BCUT2D eigenvalue weighted by Crippen LogP contribution is -2.50. The zero-order valence-corrected chi connectivity index (χ0v) is 14.2. The summed E-state index contributed by atoms with van der Waals surface area (Å²) in [4.78, 5) is 16.9. The van der Waals surface area contributed by atoms with Gasteiger partial charge in [0.25, 0.3) is 0 Å². The highest BCUT2D eigenvalue weighted by atomic mass is 16.5. The Morgan fingerprint density at radius 1 is 1.13 bits per heavy atom. The molecule has 23 heavy (non-hydrogen) atoms. The van der Waals surface area contributed by atoms with Gasteiger partial charge in [0.1, 0.15) is 12.4 Å². The molecule has 2 aliphatic rings. The van der Waals surface area contributed by atoms with Crippen LogP contribution in [-0.4, -0.2) is 55.0 Å². The SMILES string of the molecule is Cc1ccccc1OCCN1CCN(C(=O)C2CCCC2)CC1. The van der Waals surface area contributed by atoms with Gasteiger partial charge >= 0.3 is 0 Å². The van der Waals surface area contributed by atoms with Crippen LogP contribution in [0.2, 0.25) is 0 Å². The molecule has 1 saturated heterocycles. The van der Waals surface area contributed by atoms with Crippen molar-refractivity contribution < 1.29 is 9.53 Å². The van der Waals surface area contributed by atoms with Gasteiger partial charge in [0.2, 0.25) is 5.91 Å². The fraction of sp³-hybridized carbons (Fsp3) is 0.632. The fourth-order valence-electron chi connectivity index (χ4n) is 3.63. The number of rotatable bonds is 5. The highest BCUT2D eigenvalue weighted by molar-refractivity contribution is 5.79. The Morgan fingerprint density at radius 3 is 2.52 bits per heavy atom. The number of amides is 1. The molecule has 4 heteroatoms. The second kappa shape index (κ2) is 7.82. The fourth-order valence-corrected chi connectivity index (χ4v) is 3.63. The summed E-state index contributed by atoms with van der Waals surface area (Å²) in [6.07, 6.45) is 4.66. The minimum absolute atomic E-state index is 0.311. The van der Waals surface area contributed by atoms with E-state index in [9.17, 15) is 4.79 Å². The summed E-state index contributed by atoms with van der Waals surface area (Å²) in [7, 11) is 0. The third kappa shape index (κ3) is 4.25. The molecule has 0 aromatic heterocycles. The number of piperazine rings is 1. The van der Waals surface area contributed by atoms with Gasteiger partial charge in [-0.15, -0.1) is 0 Å². The van der Waals surface area contributed by atoms with Crippen molar-refractivity contribution in [1.29, 1.82) is 0 Å². The summed E-state index contributed by atoms with van der Waals surface area (Å²) in [6.45, 7) is 7.40. The van der Waals surface area contributed by atoms with Crippen LogP contribution in [-0.2, 0) is 4.79 Å². The summed E-state index contributed by atoms with van der Waals surface area (Å²) < 4.78 is 5.87. The molecular weight excluding hydrogens is 288 g/mol. The lowest BCUT2D eigenvalue weighted by molar-refractivity contribution is -0.137. The van der Waals surface area contributed by atoms with E-state index in [-0.39, 0.29) is 0 Å². The molecule has 3 rings (SSSR count). The Bertz CT molecular complexity index is 518. The van der Waals surface area contributed by atoms with E-state index in [1.807, 2.05) is 18.2 Å². The number of para-hydroxylation sites is 1. The lowest BCUT2D eigenvalue weighted by Gasteiger charge is -2.35. The summed E-state index contributed by atoms with van der Waals surface area (Å²) in [6, 6.07) is 8.13. The van der Waals surface area contributed by atoms with Crippen LogP contribution in [0.4, 0.5) is 0 Å². The average Bonchev–Trinajstić information content (AvgIpc) is 3.11. The van der Waals surface area contributed by atoms with E-state index in [1.165, 1.54) is 18.4 Å². The largest absolute Gasteiger partial charge is 0.492 e. The van der Waals surface area contributed by atoms with Crippen molar-refractivity contribution in [2.75, 3.05) is 39.3 Å². The molecule has 126 valence electrons. The molecule has 0 N–H and O–H groups in total. The van der Waals surface area contributed by atoms with Crippen molar-refractivity contribution in [3.05, 3.63) is 29.8 Å². The molecule has 1 aromatic carbocycles. The van der Waals surface area contributed by atoms with E-state index in [1.54, 1.807) is 0 Å². The van der Waals surface area contributed by atoms with Crippen molar-refractivity contribution in [2.24, 2.45) is 5.92 Å². The molecule has 0 spiro atoms. The molecular formula is C19H28N2O2. The van der Waals surface area contributed by atoms with E-state index in [0.29, 0.717) is 18.4 Å². The predicted molar refractivity (Wildman–Crippen MR) is 91.7 cm³/mol. The zero-order valence-electron chi connectivity index (χ0n) is 14.2. The molecule has 0 unspecified atom stereocenters. The Balaban J connectivity index is 1.37. The van der Waals surface area contributed by atoms with Gasteiger partial charge < -0.3 is 9.64 Å². The van der Waals surface area contributed by atoms with E-state index in [0.717, 1.165) is 51.3 Å². The Labute approximate surface area is 139 Å². The number of benzene rings is 1. The van der Waals surface area contributed by atoms with Crippen LogP contribution < -0.4 is 4.74 Å². The lowest BCUT2D eigenvalue weighted by atomic mass is 10.1. The van der Waals surface area contributed by atoms with Crippen LogP contribution in [0.25, 0.3) is 0 Å². The Morgan fingerprint density at radius 2 is 1.83 bits per heavy atom. The zero-order chi connectivity index (χ0) is 16.1. The molecule has 1 heterocycles. The van der Waals surface area contributed by atoms with Crippen molar-refractivity contribution in [1.82, 2.24) is 9.80 Å². The summed E-state index contributed by atoms with van der Waals surface area (Å²) in [5.74, 6) is 1.69. The summed E-state index contributed by atoms with van der Waals surface area (Å²) in [5.41, 5.74) is 1.18.